The molecule has 2 aromatic carbocycles. The molecule has 0 bridgehead atoms. The third kappa shape index (κ3) is 2.61. The smallest absolute Gasteiger partial charge is 0.117 e. The van der Waals surface area contributed by atoms with E-state index >= 15 is 0 Å². The Labute approximate surface area is 115 Å². The van der Waals surface area contributed by atoms with Crippen LogP contribution in [0.5, 0.6) is 0 Å². The van der Waals surface area contributed by atoms with Gasteiger partial charge in [-0.25, -0.2) is 4.98 Å². The molecule has 4 heteroatoms. The number of nitriles is 1. The number of imidazole rings is 1. The molecule has 0 saturated heterocycles. The van der Waals surface area contributed by atoms with Gasteiger partial charge in [-0.3, -0.25) is 0 Å². The first kappa shape index (κ1) is 11.8. The number of rotatable bonds is 3. The molecule has 1 N–H and O–H groups in total. The summed E-state index contributed by atoms with van der Waals surface area (Å²) in [4.78, 5) is 9.00. The number of aromatic nitrogens is 2. The van der Waals surface area contributed by atoms with E-state index < -0.39 is 0 Å². The second-order valence-corrected chi connectivity index (χ2v) is 5.18. The zero-order valence-corrected chi connectivity index (χ0v) is 10.9. The molecular formula is C15H11N3S. The van der Waals surface area contributed by atoms with Gasteiger partial charge in [-0.05, 0) is 30.3 Å². The number of fused-ring (bicyclic) bond motifs is 1. The van der Waals surface area contributed by atoms with Crippen LogP contribution in [0.3, 0.4) is 0 Å². The van der Waals surface area contributed by atoms with Crippen molar-refractivity contribution in [3.05, 3.63) is 59.9 Å². The Morgan fingerprint density at radius 2 is 2.00 bits per heavy atom. The second kappa shape index (κ2) is 5.17. The van der Waals surface area contributed by atoms with Crippen molar-refractivity contribution in [2.24, 2.45) is 0 Å². The van der Waals surface area contributed by atoms with E-state index in [-0.39, 0.29) is 0 Å². The molecule has 0 unspecified atom stereocenters. The minimum atomic E-state index is 0.651. The van der Waals surface area contributed by atoms with Crippen LogP contribution in [-0.4, -0.2) is 9.97 Å². The van der Waals surface area contributed by atoms with Crippen molar-refractivity contribution in [3.8, 4) is 6.07 Å². The number of nitrogens with zero attached hydrogens (tertiary/aromatic N) is 2. The lowest BCUT2D eigenvalue weighted by molar-refractivity contribution is 1.14. The lowest BCUT2D eigenvalue weighted by Crippen LogP contribution is -1.82. The monoisotopic (exact) mass is 265 g/mol. The van der Waals surface area contributed by atoms with E-state index in [0.29, 0.717) is 5.56 Å². The van der Waals surface area contributed by atoms with Crippen molar-refractivity contribution < 1.29 is 0 Å². The van der Waals surface area contributed by atoms with Gasteiger partial charge < -0.3 is 4.98 Å². The molecule has 1 heterocycles. The molecule has 0 aliphatic heterocycles. The van der Waals surface area contributed by atoms with E-state index in [2.05, 4.69) is 28.2 Å². The summed E-state index contributed by atoms with van der Waals surface area (Å²) < 4.78 is 0. The first-order chi connectivity index (χ1) is 9.35. The zero-order chi connectivity index (χ0) is 13.1. The highest BCUT2D eigenvalue weighted by molar-refractivity contribution is 7.98. The lowest BCUT2D eigenvalue weighted by Gasteiger charge is -1.97. The van der Waals surface area contributed by atoms with Crippen molar-refractivity contribution in [2.75, 3.05) is 0 Å². The van der Waals surface area contributed by atoms with Crippen LogP contribution in [0.15, 0.2) is 53.4 Å². The summed E-state index contributed by atoms with van der Waals surface area (Å²) in [5.41, 5.74) is 2.48. The maximum absolute atomic E-state index is 8.87. The van der Waals surface area contributed by atoms with Crippen LogP contribution in [0.4, 0.5) is 0 Å². The van der Waals surface area contributed by atoms with Gasteiger partial charge in [0, 0.05) is 4.90 Å². The quantitative estimate of drug-likeness (QED) is 0.734. The topological polar surface area (TPSA) is 52.5 Å². The molecule has 19 heavy (non-hydrogen) atoms. The Bertz CT molecular complexity index is 741. The minimum Gasteiger partial charge on any atom is -0.341 e. The van der Waals surface area contributed by atoms with Crippen molar-refractivity contribution in [3.63, 3.8) is 0 Å². The number of H-pyrrole nitrogens is 1. The normalized spacial score (nSPS) is 10.5. The van der Waals surface area contributed by atoms with Gasteiger partial charge in [-0.1, -0.05) is 18.2 Å². The predicted molar refractivity (Wildman–Crippen MR) is 76.8 cm³/mol. The van der Waals surface area contributed by atoms with Crippen LogP contribution in [0.2, 0.25) is 0 Å². The molecule has 3 nitrogen and oxygen atoms in total. The number of thioether (sulfide) groups is 1. The molecular weight excluding hydrogens is 254 g/mol. The summed E-state index contributed by atoms with van der Waals surface area (Å²) in [6.07, 6.45) is 0. The molecule has 0 saturated carbocycles. The van der Waals surface area contributed by atoms with E-state index in [0.717, 1.165) is 22.6 Å². The molecule has 0 fully saturated rings. The summed E-state index contributed by atoms with van der Waals surface area (Å²) in [6, 6.07) is 17.9. The SMILES string of the molecule is N#Cc1ccc2nc(CSc3ccccc3)[nH]c2c1. The summed E-state index contributed by atoms with van der Waals surface area (Å²) >= 11 is 1.74. The summed E-state index contributed by atoms with van der Waals surface area (Å²) in [6.45, 7) is 0. The average Bonchev–Trinajstić information content (AvgIpc) is 2.88. The van der Waals surface area contributed by atoms with Crippen LogP contribution in [0.1, 0.15) is 11.4 Å². The molecule has 0 amide bonds. The number of nitrogens with one attached hydrogen (secondary N) is 1. The van der Waals surface area contributed by atoms with Crippen LogP contribution in [0, 0.1) is 11.3 Å². The standard InChI is InChI=1S/C15H11N3S/c16-9-11-6-7-13-14(8-11)18-15(17-13)10-19-12-4-2-1-3-5-12/h1-8H,10H2,(H,17,18). The number of benzene rings is 2. The van der Waals surface area contributed by atoms with E-state index in [9.17, 15) is 0 Å². The van der Waals surface area contributed by atoms with Gasteiger partial charge >= 0.3 is 0 Å². The Kier molecular flexibility index (Phi) is 3.21. The molecule has 0 spiro atoms. The lowest BCUT2D eigenvalue weighted by atomic mass is 10.2. The van der Waals surface area contributed by atoms with Gasteiger partial charge in [0.25, 0.3) is 0 Å². The van der Waals surface area contributed by atoms with Crippen LogP contribution >= 0.6 is 11.8 Å². The Hall–Kier alpha value is -2.25. The van der Waals surface area contributed by atoms with Crippen LogP contribution < -0.4 is 0 Å². The van der Waals surface area contributed by atoms with Crippen LogP contribution in [0.25, 0.3) is 11.0 Å². The van der Waals surface area contributed by atoms with Crippen molar-refractivity contribution in [2.45, 2.75) is 10.6 Å². The van der Waals surface area contributed by atoms with Crippen LogP contribution in [-0.2, 0) is 5.75 Å². The van der Waals surface area contributed by atoms with E-state index in [1.165, 1.54) is 4.90 Å². The predicted octanol–water partition coefficient (Wildman–Crippen LogP) is 3.73. The third-order valence-electron chi connectivity index (χ3n) is 2.78. The number of aromatic amines is 1. The van der Waals surface area contributed by atoms with Crippen molar-refractivity contribution in [1.82, 2.24) is 9.97 Å². The average molecular weight is 265 g/mol. The second-order valence-electron chi connectivity index (χ2n) is 4.13. The molecule has 0 radical (unpaired) electrons. The van der Waals surface area contributed by atoms with Crippen molar-refractivity contribution in [1.29, 1.82) is 5.26 Å². The first-order valence-electron chi connectivity index (χ1n) is 5.92. The summed E-state index contributed by atoms with van der Waals surface area (Å²) in [5.74, 6) is 1.72. The van der Waals surface area contributed by atoms with Gasteiger partial charge in [-0.15, -0.1) is 11.8 Å². The summed E-state index contributed by atoms with van der Waals surface area (Å²) in [5, 5.41) is 8.87. The van der Waals surface area contributed by atoms with E-state index in [1.54, 1.807) is 17.8 Å². The Morgan fingerprint density at radius 1 is 1.16 bits per heavy atom. The molecule has 92 valence electrons. The molecule has 0 aliphatic carbocycles. The van der Waals surface area contributed by atoms with Gasteiger partial charge in [0.15, 0.2) is 0 Å². The molecule has 0 atom stereocenters. The molecule has 3 aromatic rings. The van der Waals surface area contributed by atoms with Crippen molar-refractivity contribution >= 4 is 22.8 Å². The van der Waals surface area contributed by atoms with Gasteiger partial charge in [0.05, 0.1) is 28.4 Å². The van der Waals surface area contributed by atoms with Gasteiger partial charge in [-0.2, -0.15) is 5.26 Å². The third-order valence-corrected chi connectivity index (χ3v) is 3.80. The summed E-state index contributed by atoms with van der Waals surface area (Å²) in [7, 11) is 0. The first-order valence-corrected chi connectivity index (χ1v) is 6.90. The highest BCUT2D eigenvalue weighted by Crippen LogP contribution is 2.22. The number of hydrogen-bond acceptors (Lipinski definition) is 3. The molecule has 0 aliphatic rings. The highest BCUT2D eigenvalue weighted by Gasteiger charge is 2.04. The van der Waals surface area contributed by atoms with E-state index in [1.807, 2.05) is 30.3 Å². The molecule has 1 aromatic heterocycles. The maximum Gasteiger partial charge on any atom is 0.117 e. The largest absolute Gasteiger partial charge is 0.341 e. The minimum absolute atomic E-state index is 0.651. The number of hydrogen-bond donors (Lipinski definition) is 1. The fourth-order valence-electron chi connectivity index (χ4n) is 1.87. The van der Waals surface area contributed by atoms with Gasteiger partial charge in [0.2, 0.25) is 0 Å². The van der Waals surface area contributed by atoms with E-state index in [4.69, 9.17) is 5.26 Å². The molecule has 3 rings (SSSR count). The maximum atomic E-state index is 8.87. The highest BCUT2D eigenvalue weighted by atomic mass is 32.2. The Morgan fingerprint density at radius 3 is 2.79 bits per heavy atom. The Balaban J connectivity index is 1.80. The fourth-order valence-corrected chi connectivity index (χ4v) is 2.66. The zero-order valence-electron chi connectivity index (χ0n) is 10.1. The fraction of sp³-hybridized carbons (Fsp3) is 0.0667. The van der Waals surface area contributed by atoms with Gasteiger partial charge in [0.1, 0.15) is 5.82 Å².